The molecule has 0 saturated heterocycles. The van der Waals surface area contributed by atoms with Gasteiger partial charge in [0.15, 0.2) is 5.69 Å². The number of pyridine rings is 1. The lowest BCUT2D eigenvalue weighted by Crippen LogP contribution is -2.39. The van der Waals surface area contributed by atoms with Crippen molar-refractivity contribution in [2.24, 2.45) is 0 Å². The number of amides is 1. The molecule has 1 amide bonds. The number of hydrogen-bond acceptors (Lipinski definition) is 7. The van der Waals surface area contributed by atoms with Crippen LogP contribution in [0.15, 0.2) is 60.7 Å². The van der Waals surface area contributed by atoms with E-state index >= 15 is 0 Å². The zero-order chi connectivity index (χ0) is 28.2. The molecule has 4 aromatic rings. The number of aryl methyl sites for hydroxylation is 1. The van der Waals surface area contributed by atoms with Gasteiger partial charge in [0, 0.05) is 42.7 Å². The van der Waals surface area contributed by atoms with Crippen LogP contribution in [0, 0.1) is 18.3 Å². The highest BCUT2D eigenvalue weighted by Gasteiger charge is 2.27. The smallest absolute Gasteiger partial charge is 0.255 e. The molecule has 0 saturated carbocycles. The molecule has 2 aromatic carbocycles. The van der Waals surface area contributed by atoms with Gasteiger partial charge in [0.1, 0.15) is 17.5 Å². The normalized spacial score (nSPS) is 12.6. The molecular weight excluding hydrogens is 528 g/mol. The van der Waals surface area contributed by atoms with Crippen LogP contribution in [0.5, 0.6) is 5.88 Å². The number of ketones is 1. The number of hydrogen-bond donors (Lipinski definition) is 1. The average Bonchev–Trinajstić information content (AvgIpc) is 3.34. The van der Waals surface area contributed by atoms with Gasteiger partial charge in [0.2, 0.25) is 11.7 Å². The van der Waals surface area contributed by atoms with Crippen LogP contribution in [0.3, 0.4) is 0 Å². The average molecular weight is 555 g/mol. The van der Waals surface area contributed by atoms with E-state index in [1.807, 2.05) is 19.1 Å². The molecule has 3 heterocycles. The lowest BCUT2D eigenvalue weighted by atomic mass is 10.0. The number of benzene rings is 2. The second-order valence-corrected chi connectivity index (χ2v) is 9.87. The summed E-state index contributed by atoms with van der Waals surface area (Å²) < 4.78 is 6.73. The molecule has 0 unspecified atom stereocenters. The van der Waals surface area contributed by atoms with Gasteiger partial charge in [-0.1, -0.05) is 41.4 Å². The molecule has 0 atom stereocenters. The van der Waals surface area contributed by atoms with Crippen molar-refractivity contribution in [1.29, 1.82) is 5.26 Å². The summed E-state index contributed by atoms with van der Waals surface area (Å²) in [5.74, 6) is 0.503. The highest BCUT2D eigenvalue weighted by atomic mass is 35.5. The van der Waals surface area contributed by atoms with Gasteiger partial charge < -0.3 is 15.0 Å². The van der Waals surface area contributed by atoms with E-state index in [9.17, 15) is 14.9 Å². The van der Waals surface area contributed by atoms with Crippen molar-refractivity contribution in [1.82, 2.24) is 19.7 Å². The predicted molar refractivity (Wildman–Crippen MR) is 151 cm³/mol. The van der Waals surface area contributed by atoms with Gasteiger partial charge in [-0.3, -0.25) is 9.59 Å². The molecule has 0 spiro atoms. The molecule has 5 rings (SSSR count). The molecule has 2 aromatic heterocycles. The predicted octanol–water partition coefficient (Wildman–Crippen LogP) is 4.84. The highest BCUT2D eigenvalue weighted by molar-refractivity contribution is 6.30. The third-order valence-corrected chi connectivity index (χ3v) is 7.04. The number of nitrogens with zero attached hydrogens (tertiary/aromatic N) is 5. The lowest BCUT2D eigenvalue weighted by molar-refractivity contribution is 0.0737. The minimum atomic E-state index is -0.338. The minimum absolute atomic E-state index is 0.0636. The first-order valence-corrected chi connectivity index (χ1v) is 13.2. The van der Waals surface area contributed by atoms with Gasteiger partial charge in [-0.2, -0.15) is 10.4 Å². The number of methoxy groups -OCH3 is 1. The second-order valence-electron chi connectivity index (χ2n) is 9.44. The Morgan fingerprint density at radius 2 is 1.88 bits per heavy atom. The van der Waals surface area contributed by atoms with E-state index in [0.29, 0.717) is 66.0 Å². The Balaban J connectivity index is 1.35. The van der Waals surface area contributed by atoms with Crippen molar-refractivity contribution in [2.45, 2.75) is 19.8 Å². The maximum Gasteiger partial charge on any atom is 0.255 e. The molecule has 0 fully saturated rings. The van der Waals surface area contributed by atoms with E-state index in [4.69, 9.17) is 16.3 Å². The lowest BCUT2D eigenvalue weighted by Gasteiger charge is -2.28. The molecule has 10 heteroatoms. The second kappa shape index (κ2) is 11.6. The fourth-order valence-electron chi connectivity index (χ4n) is 4.64. The zero-order valence-electron chi connectivity index (χ0n) is 22.1. The molecule has 1 aliphatic rings. The standard InChI is InChI=1S/C30H27ClN6O3/c1-19-4-6-20(7-5-19)28(38)27-24(18-32)29(37(35-27)22-10-8-21(31)9-11-22)33-15-3-16-36-17-14-25-23(30(36)39)12-13-26(34-25)40-2/h4-13,33H,3,14-17H2,1-2H3. The van der Waals surface area contributed by atoms with Crippen molar-refractivity contribution in [3.8, 4) is 17.6 Å². The Morgan fingerprint density at radius 1 is 1.12 bits per heavy atom. The van der Waals surface area contributed by atoms with Crippen LogP contribution in [-0.4, -0.2) is 58.1 Å². The van der Waals surface area contributed by atoms with E-state index in [2.05, 4.69) is 21.5 Å². The van der Waals surface area contributed by atoms with Gasteiger partial charge in [-0.25, -0.2) is 9.67 Å². The highest BCUT2D eigenvalue weighted by Crippen LogP contribution is 2.27. The van der Waals surface area contributed by atoms with Crippen LogP contribution in [0.25, 0.3) is 5.69 Å². The molecule has 0 radical (unpaired) electrons. The summed E-state index contributed by atoms with van der Waals surface area (Å²) in [6, 6.07) is 19.8. The molecular formula is C30H27ClN6O3. The van der Waals surface area contributed by atoms with Crippen molar-refractivity contribution in [3.63, 3.8) is 0 Å². The molecule has 9 nitrogen and oxygen atoms in total. The van der Waals surface area contributed by atoms with E-state index < -0.39 is 0 Å². The SMILES string of the molecule is COc1ccc2c(n1)CCN(CCCNc1c(C#N)c(C(=O)c3ccc(C)cc3)nn1-c1ccc(Cl)cc1)C2=O. The van der Waals surface area contributed by atoms with Gasteiger partial charge in [0.25, 0.3) is 5.91 Å². The number of aromatic nitrogens is 3. The maximum absolute atomic E-state index is 13.4. The number of nitriles is 1. The summed E-state index contributed by atoms with van der Waals surface area (Å²) in [5.41, 5.74) is 3.68. The molecule has 202 valence electrons. The third kappa shape index (κ3) is 5.40. The summed E-state index contributed by atoms with van der Waals surface area (Å²) in [4.78, 5) is 32.6. The van der Waals surface area contributed by atoms with Crippen LogP contribution >= 0.6 is 11.6 Å². The van der Waals surface area contributed by atoms with Crippen molar-refractivity contribution in [2.75, 3.05) is 32.1 Å². The molecule has 0 bridgehead atoms. The van der Waals surface area contributed by atoms with Crippen LogP contribution in [0.2, 0.25) is 5.02 Å². The number of carbonyl (C=O) groups excluding carboxylic acids is 2. The number of carbonyl (C=O) groups is 2. The van der Waals surface area contributed by atoms with Gasteiger partial charge in [0.05, 0.1) is 24.1 Å². The molecule has 0 aliphatic carbocycles. The largest absolute Gasteiger partial charge is 0.481 e. The summed E-state index contributed by atoms with van der Waals surface area (Å²) in [6.45, 7) is 3.47. The first-order chi connectivity index (χ1) is 19.4. The summed E-state index contributed by atoms with van der Waals surface area (Å²) in [5, 5.41) is 18.5. The maximum atomic E-state index is 13.4. The van der Waals surface area contributed by atoms with Gasteiger partial charge >= 0.3 is 0 Å². The molecule has 40 heavy (non-hydrogen) atoms. The third-order valence-electron chi connectivity index (χ3n) is 6.79. The Labute approximate surface area is 237 Å². The topological polar surface area (TPSA) is 113 Å². The number of halogens is 1. The zero-order valence-corrected chi connectivity index (χ0v) is 22.9. The first-order valence-electron chi connectivity index (χ1n) is 12.9. The first kappa shape index (κ1) is 26.9. The fourth-order valence-corrected chi connectivity index (χ4v) is 4.77. The molecule has 1 aliphatic heterocycles. The number of anilines is 1. The van der Waals surface area contributed by atoms with Crippen molar-refractivity contribution >= 4 is 29.1 Å². The minimum Gasteiger partial charge on any atom is -0.481 e. The Morgan fingerprint density at radius 3 is 2.58 bits per heavy atom. The van der Waals surface area contributed by atoms with Crippen LogP contribution < -0.4 is 10.1 Å². The monoisotopic (exact) mass is 554 g/mol. The quantitative estimate of drug-likeness (QED) is 0.232. The van der Waals surface area contributed by atoms with Crippen molar-refractivity contribution < 1.29 is 14.3 Å². The van der Waals surface area contributed by atoms with E-state index in [-0.39, 0.29) is 22.9 Å². The van der Waals surface area contributed by atoms with Crippen molar-refractivity contribution in [3.05, 3.63) is 99.3 Å². The number of ether oxygens (including phenoxy) is 1. The summed E-state index contributed by atoms with van der Waals surface area (Å²) in [7, 11) is 1.55. The Hall–Kier alpha value is -4.68. The van der Waals surface area contributed by atoms with Crippen LogP contribution in [0.4, 0.5) is 5.82 Å². The molecule has 1 N–H and O–H groups in total. The van der Waals surface area contributed by atoms with Crippen LogP contribution in [-0.2, 0) is 6.42 Å². The summed E-state index contributed by atoms with van der Waals surface area (Å²) in [6.07, 6.45) is 1.26. The van der Waals surface area contributed by atoms with Gasteiger partial charge in [-0.05, 0) is 43.7 Å². The number of rotatable bonds is 9. The Bertz CT molecular complexity index is 1610. The Kier molecular flexibility index (Phi) is 7.80. The summed E-state index contributed by atoms with van der Waals surface area (Å²) >= 11 is 6.09. The fraction of sp³-hybridized carbons (Fsp3) is 0.233. The number of fused-ring (bicyclic) bond motifs is 1. The van der Waals surface area contributed by atoms with E-state index in [1.54, 1.807) is 65.2 Å². The van der Waals surface area contributed by atoms with E-state index in [1.165, 1.54) is 0 Å². The van der Waals surface area contributed by atoms with E-state index in [0.717, 1.165) is 11.3 Å². The van der Waals surface area contributed by atoms with Gasteiger partial charge in [-0.15, -0.1) is 0 Å². The van der Waals surface area contributed by atoms with Crippen LogP contribution in [0.1, 0.15) is 49.7 Å². The number of nitrogens with one attached hydrogen (secondary N) is 1.